The number of anilines is 1. The Labute approximate surface area is 118 Å². The number of amides is 3. The summed E-state index contributed by atoms with van der Waals surface area (Å²) in [5.41, 5.74) is 7.20. The number of carbonyl (C=O) groups excluding carboxylic acids is 2. The minimum absolute atomic E-state index is 0.0860. The van der Waals surface area contributed by atoms with Crippen LogP contribution in [0.1, 0.15) is 18.4 Å². The first-order valence-electron chi connectivity index (χ1n) is 6.80. The van der Waals surface area contributed by atoms with Crippen molar-refractivity contribution in [1.29, 1.82) is 0 Å². The molecule has 1 fully saturated rings. The molecule has 108 valence electrons. The van der Waals surface area contributed by atoms with E-state index in [0.29, 0.717) is 25.3 Å². The van der Waals surface area contributed by atoms with Crippen LogP contribution in [0.5, 0.6) is 0 Å². The summed E-state index contributed by atoms with van der Waals surface area (Å²) in [4.78, 5) is 23.0. The smallest absolute Gasteiger partial charge is 0.319 e. The van der Waals surface area contributed by atoms with Gasteiger partial charge in [-0.3, -0.25) is 4.79 Å². The molecule has 6 nitrogen and oxygen atoms in total. The van der Waals surface area contributed by atoms with Crippen molar-refractivity contribution in [3.05, 3.63) is 29.8 Å². The van der Waals surface area contributed by atoms with Crippen molar-refractivity contribution >= 4 is 17.6 Å². The molecular weight excluding hydrogens is 256 g/mol. The largest absolute Gasteiger partial charge is 0.354 e. The number of rotatable bonds is 6. The van der Waals surface area contributed by atoms with Crippen molar-refractivity contribution in [2.45, 2.75) is 19.4 Å². The van der Waals surface area contributed by atoms with Crippen molar-refractivity contribution < 1.29 is 9.59 Å². The fraction of sp³-hybridized carbons (Fsp3) is 0.429. The van der Waals surface area contributed by atoms with E-state index in [4.69, 9.17) is 5.73 Å². The van der Waals surface area contributed by atoms with Crippen molar-refractivity contribution in [1.82, 2.24) is 10.6 Å². The van der Waals surface area contributed by atoms with Crippen LogP contribution in [-0.4, -0.2) is 25.0 Å². The zero-order valence-electron chi connectivity index (χ0n) is 11.3. The molecule has 0 spiro atoms. The minimum Gasteiger partial charge on any atom is -0.354 e. The molecular formula is C14H20N4O2. The van der Waals surface area contributed by atoms with Gasteiger partial charge in [0.1, 0.15) is 0 Å². The fourth-order valence-electron chi connectivity index (χ4n) is 1.80. The second-order valence-electron chi connectivity index (χ2n) is 4.85. The first-order chi connectivity index (χ1) is 9.69. The second-order valence-corrected chi connectivity index (χ2v) is 4.85. The van der Waals surface area contributed by atoms with Crippen LogP contribution >= 0.6 is 0 Å². The third-order valence-electron chi connectivity index (χ3n) is 3.08. The highest BCUT2D eigenvalue weighted by Gasteiger charge is 2.28. The van der Waals surface area contributed by atoms with Gasteiger partial charge in [-0.2, -0.15) is 0 Å². The summed E-state index contributed by atoms with van der Waals surface area (Å²) in [7, 11) is 0. The Hall–Kier alpha value is -2.08. The number of benzene rings is 1. The van der Waals surface area contributed by atoms with Gasteiger partial charge < -0.3 is 21.7 Å². The molecule has 0 heterocycles. The molecule has 1 saturated carbocycles. The maximum Gasteiger partial charge on any atom is 0.319 e. The lowest BCUT2D eigenvalue weighted by Gasteiger charge is -2.09. The lowest BCUT2D eigenvalue weighted by Crippen LogP contribution is -2.37. The van der Waals surface area contributed by atoms with Gasteiger partial charge in [-0.25, -0.2) is 4.79 Å². The number of hydrogen-bond donors (Lipinski definition) is 4. The van der Waals surface area contributed by atoms with Crippen LogP contribution in [0.4, 0.5) is 10.5 Å². The van der Waals surface area contributed by atoms with E-state index in [2.05, 4.69) is 16.0 Å². The Bertz CT molecular complexity index is 486. The van der Waals surface area contributed by atoms with Gasteiger partial charge in [-0.05, 0) is 30.5 Å². The average molecular weight is 276 g/mol. The zero-order valence-corrected chi connectivity index (χ0v) is 11.3. The molecule has 2 rings (SSSR count). The quantitative estimate of drug-likeness (QED) is 0.578. The standard InChI is InChI=1S/C14H20N4O2/c15-9-10-2-1-3-12(8-10)18-14(20)17-7-6-16-13(19)11-4-5-11/h1-3,8,11H,4-7,9,15H2,(H,16,19)(H2,17,18,20). The number of nitrogens with one attached hydrogen (secondary N) is 3. The molecule has 0 radical (unpaired) electrons. The van der Waals surface area contributed by atoms with E-state index in [-0.39, 0.29) is 17.9 Å². The van der Waals surface area contributed by atoms with E-state index in [9.17, 15) is 9.59 Å². The molecule has 0 atom stereocenters. The zero-order chi connectivity index (χ0) is 14.4. The Balaban J connectivity index is 1.65. The highest BCUT2D eigenvalue weighted by Crippen LogP contribution is 2.28. The number of hydrogen-bond acceptors (Lipinski definition) is 3. The molecule has 0 unspecified atom stereocenters. The monoisotopic (exact) mass is 276 g/mol. The van der Waals surface area contributed by atoms with Crippen LogP contribution in [0.25, 0.3) is 0 Å². The van der Waals surface area contributed by atoms with Crippen LogP contribution in [0.2, 0.25) is 0 Å². The minimum atomic E-state index is -0.292. The van der Waals surface area contributed by atoms with Crippen LogP contribution < -0.4 is 21.7 Å². The van der Waals surface area contributed by atoms with Crippen molar-refractivity contribution in [3.63, 3.8) is 0 Å². The van der Waals surface area contributed by atoms with Crippen molar-refractivity contribution in [2.75, 3.05) is 18.4 Å². The first-order valence-corrected chi connectivity index (χ1v) is 6.80. The molecule has 1 aliphatic carbocycles. The van der Waals surface area contributed by atoms with Gasteiger partial charge in [0, 0.05) is 31.2 Å². The van der Waals surface area contributed by atoms with E-state index in [1.807, 2.05) is 18.2 Å². The van der Waals surface area contributed by atoms with Crippen molar-refractivity contribution in [3.8, 4) is 0 Å². The van der Waals surface area contributed by atoms with E-state index in [0.717, 1.165) is 18.4 Å². The predicted octanol–water partition coefficient (Wildman–Crippen LogP) is 0.793. The lowest BCUT2D eigenvalue weighted by molar-refractivity contribution is -0.122. The first kappa shape index (κ1) is 14.3. The van der Waals surface area contributed by atoms with Crippen LogP contribution in [0.3, 0.4) is 0 Å². The van der Waals surface area contributed by atoms with E-state index < -0.39 is 0 Å². The second kappa shape index (κ2) is 6.91. The Morgan fingerprint density at radius 3 is 2.65 bits per heavy atom. The van der Waals surface area contributed by atoms with Crippen LogP contribution in [-0.2, 0) is 11.3 Å². The van der Waals surface area contributed by atoms with Gasteiger partial charge in [-0.1, -0.05) is 12.1 Å². The molecule has 1 aromatic carbocycles. The van der Waals surface area contributed by atoms with Gasteiger partial charge in [0.15, 0.2) is 0 Å². The van der Waals surface area contributed by atoms with E-state index in [1.54, 1.807) is 6.07 Å². The highest BCUT2D eigenvalue weighted by molar-refractivity contribution is 5.89. The molecule has 5 N–H and O–H groups in total. The molecule has 0 bridgehead atoms. The molecule has 0 aliphatic heterocycles. The average Bonchev–Trinajstić information content (AvgIpc) is 3.28. The SMILES string of the molecule is NCc1cccc(NC(=O)NCCNC(=O)C2CC2)c1. The van der Waals surface area contributed by atoms with Crippen LogP contribution in [0.15, 0.2) is 24.3 Å². The van der Waals surface area contributed by atoms with E-state index in [1.165, 1.54) is 0 Å². The number of urea groups is 1. The van der Waals surface area contributed by atoms with Gasteiger partial charge in [-0.15, -0.1) is 0 Å². The van der Waals surface area contributed by atoms with Crippen LogP contribution in [0, 0.1) is 5.92 Å². The Morgan fingerprint density at radius 1 is 1.20 bits per heavy atom. The summed E-state index contributed by atoms with van der Waals surface area (Å²) in [6, 6.07) is 7.08. The third-order valence-corrected chi connectivity index (χ3v) is 3.08. The Kier molecular flexibility index (Phi) is 4.95. The van der Waals surface area contributed by atoms with Crippen molar-refractivity contribution in [2.24, 2.45) is 11.7 Å². The lowest BCUT2D eigenvalue weighted by atomic mass is 10.2. The normalized spacial score (nSPS) is 13.7. The molecule has 0 saturated heterocycles. The topological polar surface area (TPSA) is 96.2 Å². The van der Waals surface area contributed by atoms with Gasteiger partial charge in [0.25, 0.3) is 0 Å². The molecule has 1 aromatic rings. The highest BCUT2D eigenvalue weighted by atomic mass is 16.2. The number of carbonyl (C=O) groups is 2. The van der Waals surface area contributed by atoms with E-state index >= 15 is 0 Å². The van der Waals surface area contributed by atoms with Gasteiger partial charge in [0.2, 0.25) is 5.91 Å². The summed E-state index contributed by atoms with van der Waals surface area (Å²) in [5.74, 6) is 0.283. The maximum absolute atomic E-state index is 11.6. The molecule has 0 aromatic heterocycles. The van der Waals surface area contributed by atoms with Gasteiger partial charge in [0.05, 0.1) is 0 Å². The third kappa shape index (κ3) is 4.55. The maximum atomic E-state index is 11.6. The summed E-state index contributed by atoms with van der Waals surface area (Å²) >= 11 is 0. The molecule has 6 heteroatoms. The Morgan fingerprint density at radius 2 is 1.95 bits per heavy atom. The molecule has 1 aliphatic rings. The molecule has 20 heavy (non-hydrogen) atoms. The van der Waals surface area contributed by atoms with Gasteiger partial charge >= 0.3 is 6.03 Å². The number of nitrogens with two attached hydrogens (primary N) is 1. The summed E-state index contributed by atoms with van der Waals surface area (Å²) in [6.07, 6.45) is 1.97. The summed E-state index contributed by atoms with van der Waals surface area (Å²) in [5, 5.41) is 8.19. The summed E-state index contributed by atoms with van der Waals surface area (Å²) in [6.45, 7) is 1.29. The molecule has 3 amide bonds. The predicted molar refractivity (Wildman–Crippen MR) is 77.1 cm³/mol. The summed E-state index contributed by atoms with van der Waals surface area (Å²) < 4.78 is 0. The fourth-order valence-corrected chi connectivity index (χ4v) is 1.80.